The topological polar surface area (TPSA) is 0 Å². The first-order valence-corrected chi connectivity index (χ1v) is 8.30. The van der Waals surface area contributed by atoms with E-state index >= 15 is 0 Å². The molecule has 0 saturated carbocycles. The lowest BCUT2D eigenvalue weighted by atomic mass is 10.1. The Hall–Kier alpha value is -2.61. The van der Waals surface area contributed by atoms with E-state index in [1.807, 2.05) is 36.5 Å². The zero-order chi connectivity index (χ0) is 16.3. The maximum Gasteiger partial charge on any atom is 0.00614 e. The van der Waals surface area contributed by atoms with Crippen LogP contribution in [0.25, 0.3) is 0 Å². The van der Waals surface area contributed by atoms with E-state index in [1.165, 1.54) is 11.1 Å². The first-order valence-electron chi connectivity index (χ1n) is 7.36. The van der Waals surface area contributed by atoms with Crippen molar-refractivity contribution in [1.29, 1.82) is 0 Å². The number of rotatable bonds is 4. The van der Waals surface area contributed by atoms with E-state index in [1.54, 1.807) is 11.8 Å². The van der Waals surface area contributed by atoms with Gasteiger partial charge in [-0.2, -0.15) is 0 Å². The Morgan fingerprint density at radius 2 is 1.17 bits per heavy atom. The van der Waals surface area contributed by atoms with Gasteiger partial charge in [0, 0.05) is 24.0 Å². The van der Waals surface area contributed by atoms with Crippen LogP contribution in [0.5, 0.6) is 0 Å². The van der Waals surface area contributed by atoms with Crippen LogP contribution in [0, 0.1) is 24.7 Å². The van der Waals surface area contributed by atoms with Crippen LogP contribution in [0.15, 0.2) is 93.9 Å². The number of hydrogen-bond donors (Lipinski definition) is 0. The highest BCUT2D eigenvalue weighted by Gasteiger charge is 1.99. The van der Waals surface area contributed by atoms with Crippen LogP contribution in [-0.4, -0.2) is 0 Å². The minimum Gasteiger partial charge on any atom is -0.115 e. The van der Waals surface area contributed by atoms with Crippen molar-refractivity contribution in [2.45, 2.75) is 12.8 Å². The van der Waals surface area contributed by atoms with Crippen molar-refractivity contribution in [1.82, 2.24) is 0 Å². The summed E-state index contributed by atoms with van der Waals surface area (Å²) < 4.78 is 0. The minimum absolute atomic E-state index is 0.802. The van der Waals surface area contributed by atoms with Gasteiger partial charge in [0.2, 0.25) is 0 Å². The molecule has 0 unspecified atom stereocenters. The standard InChI is InChI=1S/C22H18S/c1-3-19-9-5-7-11-21(17-19)13-15-23-16-14-22-12-8-6-10-20(4-2)18-22/h1-2,5-16H,17-18H2/b15-13-,16-14+. The Bertz CT molecular complexity index is 694. The molecule has 0 aromatic rings. The molecule has 1 heteroatoms. The Labute approximate surface area is 143 Å². The fourth-order valence-corrected chi connectivity index (χ4v) is 2.70. The van der Waals surface area contributed by atoms with Crippen LogP contribution in [-0.2, 0) is 0 Å². The summed E-state index contributed by atoms with van der Waals surface area (Å²) in [6, 6.07) is 0. The molecule has 0 aromatic heterocycles. The summed E-state index contributed by atoms with van der Waals surface area (Å²) in [4.78, 5) is 0. The predicted molar refractivity (Wildman–Crippen MR) is 103 cm³/mol. The molecule has 112 valence electrons. The number of thioether (sulfide) groups is 1. The predicted octanol–water partition coefficient (Wildman–Crippen LogP) is 5.64. The van der Waals surface area contributed by atoms with Gasteiger partial charge in [0.15, 0.2) is 0 Å². The Balaban J connectivity index is 1.88. The highest BCUT2D eigenvalue weighted by atomic mass is 32.2. The first-order chi connectivity index (χ1) is 11.3. The molecule has 0 aliphatic heterocycles. The van der Waals surface area contributed by atoms with Crippen molar-refractivity contribution in [3.05, 3.63) is 93.9 Å². The maximum absolute atomic E-state index is 5.48. The molecule has 0 fully saturated rings. The fourth-order valence-electron chi connectivity index (χ4n) is 2.10. The molecule has 0 nitrogen and oxygen atoms in total. The second kappa shape index (κ2) is 9.42. The Kier molecular flexibility index (Phi) is 6.86. The van der Waals surface area contributed by atoms with Gasteiger partial charge in [-0.1, -0.05) is 72.6 Å². The van der Waals surface area contributed by atoms with Crippen LogP contribution in [0.4, 0.5) is 0 Å². The summed E-state index contributed by atoms with van der Waals surface area (Å²) in [6.07, 6.45) is 32.9. The van der Waals surface area contributed by atoms with E-state index < -0.39 is 0 Å². The third-order valence-corrected chi connectivity index (χ3v) is 3.91. The zero-order valence-corrected chi connectivity index (χ0v) is 13.7. The molecule has 0 radical (unpaired) electrons. The van der Waals surface area contributed by atoms with Crippen molar-refractivity contribution in [2.24, 2.45) is 0 Å². The normalized spacial score (nSPS) is 17.7. The lowest BCUT2D eigenvalue weighted by Crippen LogP contribution is -1.81. The van der Waals surface area contributed by atoms with Crippen molar-refractivity contribution in [3.8, 4) is 24.7 Å². The number of terminal acetylenes is 2. The molecular weight excluding hydrogens is 296 g/mol. The van der Waals surface area contributed by atoms with Crippen molar-refractivity contribution < 1.29 is 0 Å². The van der Waals surface area contributed by atoms with Gasteiger partial charge in [-0.3, -0.25) is 0 Å². The smallest absolute Gasteiger partial charge is 0.00614 e. The van der Waals surface area contributed by atoms with Crippen molar-refractivity contribution >= 4 is 11.8 Å². The van der Waals surface area contributed by atoms with Crippen LogP contribution in [0.3, 0.4) is 0 Å². The van der Waals surface area contributed by atoms with E-state index in [2.05, 4.69) is 47.0 Å². The van der Waals surface area contributed by atoms with E-state index in [0.717, 1.165) is 24.0 Å². The van der Waals surface area contributed by atoms with E-state index in [0.29, 0.717) is 0 Å². The molecule has 23 heavy (non-hydrogen) atoms. The maximum atomic E-state index is 5.48. The molecule has 0 bridgehead atoms. The fraction of sp³-hybridized carbons (Fsp3) is 0.0909. The quantitative estimate of drug-likeness (QED) is 0.605. The molecule has 0 aromatic carbocycles. The van der Waals surface area contributed by atoms with E-state index in [4.69, 9.17) is 12.8 Å². The third-order valence-electron chi connectivity index (χ3n) is 3.32. The van der Waals surface area contributed by atoms with Gasteiger partial charge in [-0.25, -0.2) is 0 Å². The second-order valence-corrected chi connectivity index (χ2v) is 5.84. The first kappa shape index (κ1) is 16.8. The van der Waals surface area contributed by atoms with Crippen LogP contribution in [0.2, 0.25) is 0 Å². The minimum atomic E-state index is 0.802. The molecule has 0 spiro atoms. The highest BCUT2D eigenvalue weighted by Crippen LogP contribution is 2.19. The van der Waals surface area contributed by atoms with Gasteiger partial charge < -0.3 is 0 Å². The zero-order valence-electron chi connectivity index (χ0n) is 12.9. The monoisotopic (exact) mass is 314 g/mol. The van der Waals surface area contributed by atoms with Crippen molar-refractivity contribution in [2.75, 3.05) is 0 Å². The van der Waals surface area contributed by atoms with Crippen LogP contribution < -0.4 is 0 Å². The van der Waals surface area contributed by atoms with Crippen molar-refractivity contribution in [3.63, 3.8) is 0 Å². The van der Waals surface area contributed by atoms with Gasteiger partial charge in [-0.15, -0.1) is 24.6 Å². The molecule has 2 aliphatic carbocycles. The highest BCUT2D eigenvalue weighted by molar-refractivity contribution is 8.04. The van der Waals surface area contributed by atoms with Gasteiger partial charge in [0.05, 0.1) is 0 Å². The lowest BCUT2D eigenvalue weighted by Gasteiger charge is -1.99. The van der Waals surface area contributed by atoms with Gasteiger partial charge in [-0.05, 0) is 22.0 Å². The average Bonchev–Trinajstić information content (AvgIpc) is 2.94. The van der Waals surface area contributed by atoms with Crippen LogP contribution in [0.1, 0.15) is 12.8 Å². The van der Waals surface area contributed by atoms with Gasteiger partial charge in [0.25, 0.3) is 0 Å². The second-order valence-electron chi connectivity index (χ2n) is 5.02. The number of hydrogen-bond acceptors (Lipinski definition) is 1. The Morgan fingerprint density at radius 3 is 1.61 bits per heavy atom. The molecule has 2 aliphatic rings. The van der Waals surface area contributed by atoms with Crippen LogP contribution >= 0.6 is 11.8 Å². The molecule has 0 saturated heterocycles. The summed E-state index contributed by atoms with van der Waals surface area (Å²) in [5.41, 5.74) is 4.41. The van der Waals surface area contributed by atoms with Gasteiger partial charge in [0.1, 0.15) is 0 Å². The molecular formula is C22H18S. The summed E-state index contributed by atoms with van der Waals surface area (Å²) in [5, 5.41) is 4.14. The third kappa shape index (κ3) is 5.95. The average molecular weight is 314 g/mol. The summed E-state index contributed by atoms with van der Waals surface area (Å²) in [7, 11) is 0. The summed E-state index contributed by atoms with van der Waals surface area (Å²) >= 11 is 1.64. The molecule has 0 N–H and O–H groups in total. The van der Waals surface area contributed by atoms with E-state index in [-0.39, 0.29) is 0 Å². The molecule has 0 amide bonds. The summed E-state index contributed by atoms with van der Waals surface area (Å²) in [6.45, 7) is 0. The SMILES string of the molecule is C#CC1=CC=CC=C(/C=C\S/C=C/C2=CC=CC=C(C#C)C2)C1. The lowest BCUT2D eigenvalue weighted by molar-refractivity contribution is 1.23. The molecule has 0 heterocycles. The Morgan fingerprint density at radius 1 is 0.739 bits per heavy atom. The summed E-state index contributed by atoms with van der Waals surface area (Å²) in [5.74, 6) is 5.43. The largest absolute Gasteiger partial charge is 0.115 e. The molecule has 2 rings (SSSR count). The number of allylic oxidation sites excluding steroid dienone is 14. The molecule has 0 atom stereocenters. The van der Waals surface area contributed by atoms with E-state index in [9.17, 15) is 0 Å². The van der Waals surface area contributed by atoms with Gasteiger partial charge >= 0.3 is 0 Å².